The Hall–Kier alpha value is -2.07. The quantitative estimate of drug-likeness (QED) is 0.455. The van der Waals surface area contributed by atoms with Gasteiger partial charge in [0.1, 0.15) is 0 Å². The van der Waals surface area contributed by atoms with Crippen LogP contribution in [0.2, 0.25) is 5.02 Å². The van der Waals surface area contributed by atoms with Crippen LogP contribution in [-0.2, 0) is 6.54 Å². The minimum atomic E-state index is 0.420. The van der Waals surface area contributed by atoms with Crippen LogP contribution in [0, 0.1) is 5.92 Å². The first kappa shape index (κ1) is 23.6. The van der Waals surface area contributed by atoms with Gasteiger partial charge < -0.3 is 20.5 Å². The summed E-state index contributed by atoms with van der Waals surface area (Å²) in [5.74, 6) is 1.95. The molecular formula is C26H39ClN4. The van der Waals surface area contributed by atoms with Crippen molar-refractivity contribution in [2.75, 3.05) is 13.1 Å². The number of rotatable bonds is 7. The highest BCUT2D eigenvalue weighted by atomic mass is 35.5. The average Bonchev–Trinajstić information content (AvgIpc) is 3.21. The summed E-state index contributed by atoms with van der Waals surface area (Å²) in [6.45, 7) is 13.0. The fourth-order valence-electron chi connectivity index (χ4n) is 4.64. The molecule has 1 aromatic heterocycles. The van der Waals surface area contributed by atoms with E-state index in [1.165, 1.54) is 44.9 Å². The molecule has 170 valence electrons. The van der Waals surface area contributed by atoms with E-state index in [9.17, 15) is 0 Å². The summed E-state index contributed by atoms with van der Waals surface area (Å²) in [6, 6.07) is 8.40. The Balaban J connectivity index is 0.000000287. The van der Waals surface area contributed by atoms with Gasteiger partial charge in [0.05, 0.1) is 12.4 Å². The van der Waals surface area contributed by atoms with Gasteiger partial charge in [0, 0.05) is 40.8 Å². The Labute approximate surface area is 193 Å². The second kappa shape index (κ2) is 12.1. The van der Waals surface area contributed by atoms with Crippen LogP contribution in [0.25, 0.3) is 10.9 Å². The van der Waals surface area contributed by atoms with Crippen LogP contribution in [-0.4, -0.2) is 29.0 Å². The molecule has 1 aromatic carbocycles. The number of hydrogen-bond acceptors (Lipinski definition) is 3. The summed E-state index contributed by atoms with van der Waals surface area (Å²) in [4.78, 5) is 5.63. The highest BCUT2D eigenvalue weighted by Gasteiger charge is 2.17. The van der Waals surface area contributed by atoms with Gasteiger partial charge in [-0.3, -0.25) is 0 Å². The zero-order valence-electron chi connectivity index (χ0n) is 19.1. The molecule has 2 heterocycles. The van der Waals surface area contributed by atoms with E-state index in [1.54, 1.807) is 0 Å². The van der Waals surface area contributed by atoms with Gasteiger partial charge in [0.25, 0.3) is 0 Å². The summed E-state index contributed by atoms with van der Waals surface area (Å²) < 4.78 is 0. The Morgan fingerprint density at radius 3 is 2.71 bits per heavy atom. The van der Waals surface area contributed by atoms with Crippen molar-refractivity contribution in [3.63, 3.8) is 0 Å². The monoisotopic (exact) mass is 442 g/mol. The third-order valence-corrected chi connectivity index (χ3v) is 6.76. The number of H-pyrrole nitrogens is 1. The van der Waals surface area contributed by atoms with E-state index in [0.717, 1.165) is 52.9 Å². The Morgan fingerprint density at radius 2 is 2.00 bits per heavy atom. The molecule has 1 aliphatic carbocycles. The van der Waals surface area contributed by atoms with Gasteiger partial charge in [-0.15, -0.1) is 0 Å². The van der Waals surface area contributed by atoms with E-state index in [-0.39, 0.29) is 0 Å². The van der Waals surface area contributed by atoms with Gasteiger partial charge >= 0.3 is 0 Å². The number of piperidine rings is 1. The van der Waals surface area contributed by atoms with Crippen LogP contribution in [0.4, 0.5) is 0 Å². The maximum atomic E-state index is 6.02. The maximum absolute atomic E-state index is 6.02. The highest BCUT2D eigenvalue weighted by Crippen LogP contribution is 2.25. The number of hydrogen-bond donors (Lipinski definition) is 3. The number of aromatic nitrogens is 1. The standard InChI is InChI=1S/C18H23ClN4.C8H16/c1-3-23-8-4-5-16(12-23)21-13(2)20-11-17-10-14-9-15(19)6-7-18(14)22-17;1-2-8-6-4-3-5-7-8/h3,6-7,9-10,16,20-22H,1-2,4-5,8,11-12H2;8H,2-7H2,1H3. The number of halogens is 1. The van der Waals surface area contributed by atoms with Crippen LogP contribution < -0.4 is 10.6 Å². The molecule has 3 N–H and O–H groups in total. The Morgan fingerprint density at radius 1 is 1.19 bits per heavy atom. The van der Waals surface area contributed by atoms with Crippen molar-refractivity contribution < 1.29 is 0 Å². The fraction of sp³-hybridized carbons (Fsp3) is 0.538. The largest absolute Gasteiger partial charge is 0.376 e. The normalized spacial score (nSPS) is 19.4. The summed E-state index contributed by atoms with van der Waals surface area (Å²) in [6.07, 6.45) is 13.2. The van der Waals surface area contributed by atoms with E-state index in [4.69, 9.17) is 11.6 Å². The summed E-state index contributed by atoms with van der Waals surface area (Å²) in [7, 11) is 0. The molecule has 1 saturated heterocycles. The molecule has 0 bridgehead atoms. The van der Waals surface area contributed by atoms with Crippen LogP contribution in [0.3, 0.4) is 0 Å². The van der Waals surface area contributed by atoms with Crippen LogP contribution >= 0.6 is 11.6 Å². The Bertz CT molecular complexity index is 837. The molecular weight excluding hydrogens is 404 g/mol. The lowest BCUT2D eigenvalue weighted by Crippen LogP contribution is -2.44. The number of fused-ring (bicyclic) bond motifs is 1. The van der Waals surface area contributed by atoms with Gasteiger partial charge in [-0.1, -0.05) is 70.2 Å². The molecule has 1 aliphatic heterocycles. The van der Waals surface area contributed by atoms with E-state index >= 15 is 0 Å². The molecule has 0 spiro atoms. The smallest absolute Gasteiger partial charge is 0.0918 e. The zero-order valence-corrected chi connectivity index (χ0v) is 19.8. The van der Waals surface area contributed by atoms with Crippen molar-refractivity contribution >= 4 is 22.5 Å². The molecule has 0 radical (unpaired) electrons. The van der Waals surface area contributed by atoms with Crippen molar-refractivity contribution in [3.8, 4) is 0 Å². The highest BCUT2D eigenvalue weighted by molar-refractivity contribution is 6.31. The third kappa shape index (κ3) is 7.53. The first-order valence-electron chi connectivity index (χ1n) is 11.9. The molecule has 1 saturated carbocycles. The van der Waals surface area contributed by atoms with E-state index < -0.39 is 0 Å². The number of nitrogens with one attached hydrogen (secondary N) is 3. The van der Waals surface area contributed by atoms with Gasteiger partial charge in [-0.05, 0) is 49.2 Å². The molecule has 4 rings (SSSR count). The predicted molar refractivity (Wildman–Crippen MR) is 134 cm³/mol. The van der Waals surface area contributed by atoms with E-state index in [1.807, 2.05) is 24.4 Å². The molecule has 2 fully saturated rings. The second-order valence-electron chi connectivity index (χ2n) is 8.93. The van der Waals surface area contributed by atoms with Gasteiger partial charge in [-0.2, -0.15) is 0 Å². The minimum Gasteiger partial charge on any atom is -0.376 e. The predicted octanol–water partition coefficient (Wildman–Crippen LogP) is 6.56. The number of benzene rings is 1. The zero-order chi connectivity index (χ0) is 22.1. The van der Waals surface area contributed by atoms with E-state index in [2.05, 4.69) is 46.7 Å². The van der Waals surface area contributed by atoms with Gasteiger partial charge in [0.2, 0.25) is 0 Å². The lowest BCUT2D eigenvalue weighted by atomic mass is 9.88. The SMILES string of the molecule is C=CN1CCCC(NC(=C)NCc2cc3cc(Cl)ccc3[nH]2)C1.CCC1CCCCC1. The van der Waals surface area contributed by atoms with Crippen molar-refractivity contribution in [3.05, 3.63) is 60.2 Å². The Kier molecular flexibility index (Phi) is 9.20. The molecule has 5 heteroatoms. The number of nitrogens with zero attached hydrogens (tertiary/aromatic N) is 1. The van der Waals surface area contributed by atoms with Crippen molar-refractivity contribution in [1.82, 2.24) is 20.5 Å². The number of aromatic amines is 1. The molecule has 31 heavy (non-hydrogen) atoms. The first-order chi connectivity index (χ1) is 15.1. The van der Waals surface area contributed by atoms with Crippen LogP contribution in [0.5, 0.6) is 0 Å². The minimum absolute atomic E-state index is 0.420. The lowest BCUT2D eigenvalue weighted by Gasteiger charge is -2.33. The van der Waals surface area contributed by atoms with Crippen molar-refractivity contribution in [2.24, 2.45) is 5.92 Å². The summed E-state index contributed by atoms with van der Waals surface area (Å²) in [5, 5.41) is 8.69. The lowest BCUT2D eigenvalue weighted by molar-refractivity contribution is 0.259. The molecule has 0 amide bonds. The molecule has 1 unspecified atom stereocenters. The fourth-order valence-corrected chi connectivity index (χ4v) is 4.82. The third-order valence-electron chi connectivity index (χ3n) is 6.52. The van der Waals surface area contributed by atoms with Gasteiger partial charge in [0.15, 0.2) is 0 Å². The molecule has 2 aromatic rings. The molecule has 4 nitrogen and oxygen atoms in total. The maximum Gasteiger partial charge on any atom is 0.0918 e. The van der Waals surface area contributed by atoms with Crippen LogP contribution in [0.1, 0.15) is 64.0 Å². The molecule has 1 atom stereocenters. The number of likely N-dealkylation sites (tertiary alicyclic amines) is 1. The first-order valence-corrected chi connectivity index (χ1v) is 12.3. The topological polar surface area (TPSA) is 43.1 Å². The summed E-state index contributed by atoms with van der Waals surface area (Å²) >= 11 is 6.02. The van der Waals surface area contributed by atoms with Crippen LogP contribution in [0.15, 0.2) is 49.4 Å². The van der Waals surface area contributed by atoms with E-state index in [0.29, 0.717) is 12.6 Å². The summed E-state index contributed by atoms with van der Waals surface area (Å²) in [5.41, 5.74) is 2.21. The average molecular weight is 443 g/mol. The van der Waals surface area contributed by atoms with Crippen molar-refractivity contribution in [1.29, 1.82) is 0 Å². The van der Waals surface area contributed by atoms with Gasteiger partial charge in [-0.25, -0.2) is 0 Å². The molecule has 2 aliphatic rings. The van der Waals surface area contributed by atoms with Crippen molar-refractivity contribution in [2.45, 2.75) is 70.9 Å². The second-order valence-corrected chi connectivity index (χ2v) is 9.37.